The Morgan fingerprint density at radius 1 is 0.722 bits per heavy atom. The molecule has 0 spiro atoms. The molecule has 4 rings (SSSR count). The molecular weight excluding hydrogens is 464 g/mol. The van der Waals surface area contributed by atoms with E-state index in [0.29, 0.717) is 36.0 Å². The summed E-state index contributed by atoms with van der Waals surface area (Å²) < 4.78 is 19.4. The van der Waals surface area contributed by atoms with Crippen LogP contribution in [0.25, 0.3) is 10.8 Å². The SMILES string of the molecule is CC(C)(C)[Si](C)(C)Oc1cc(C=O)cc2c(OCc3ccccc3)ccc(OCc3ccccc3)c12. The van der Waals surface area contributed by atoms with Crippen molar-refractivity contribution in [3.05, 3.63) is 102 Å². The molecule has 4 aromatic rings. The second-order valence-corrected chi connectivity index (χ2v) is 15.3. The normalized spacial score (nSPS) is 11.8. The molecule has 36 heavy (non-hydrogen) atoms. The van der Waals surface area contributed by atoms with E-state index in [0.717, 1.165) is 28.2 Å². The van der Waals surface area contributed by atoms with Crippen LogP contribution in [0.2, 0.25) is 18.1 Å². The molecule has 0 radical (unpaired) electrons. The summed E-state index contributed by atoms with van der Waals surface area (Å²) >= 11 is 0. The van der Waals surface area contributed by atoms with E-state index in [2.05, 4.69) is 33.9 Å². The molecule has 0 N–H and O–H groups in total. The lowest BCUT2D eigenvalue weighted by atomic mass is 10.0. The summed E-state index contributed by atoms with van der Waals surface area (Å²) in [7, 11) is -2.21. The molecule has 0 amide bonds. The summed E-state index contributed by atoms with van der Waals surface area (Å²) in [6, 6.07) is 27.6. The molecule has 0 heterocycles. The van der Waals surface area contributed by atoms with Crippen LogP contribution < -0.4 is 13.9 Å². The Bertz CT molecular complexity index is 1330. The maximum Gasteiger partial charge on any atom is 0.250 e. The predicted octanol–water partition coefficient (Wildman–Crippen LogP) is 8.19. The van der Waals surface area contributed by atoms with Crippen LogP contribution in [0.15, 0.2) is 84.9 Å². The van der Waals surface area contributed by atoms with Crippen molar-refractivity contribution < 1.29 is 18.7 Å². The number of ether oxygens (including phenoxy) is 2. The monoisotopic (exact) mass is 498 g/mol. The van der Waals surface area contributed by atoms with E-state index < -0.39 is 8.32 Å². The van der Waals surface area contributed by atoms with E-state index in [1.807, 2.05) is 84.9 Å². The standard InChI is InChI=1S/C31H34O4Si/c1-31(2,3)36(4,5)35-29-19-25(20-32)18-26-27(33-21-23-12-8-6-9-13-23)16-17-28(30(26)29)34-22-24-14-10-7-11-15-24/h6-20H,21-22H2,1-5H3. The van der Waals surface area contributed by atoms with Crippen molar-refractivity contribution in [3.8, 4) is 17.2 Å². The number of aldehydes is 1. The van der Waals surface area contributed by atoms with Crippen LogP contribution in [0.3, 0.4) is 0 Å². The smallest absolute Gasteiger partial charge is 0.250 e. The third-order valence-corrected chi connectivity index (χ3v) is 11.1. The van der Waals surface area contributed by atoms with Crippen molar-refractivity contribution in [1.82, 2.24) is 0 Å². The summed E-state index contributed by atoms with van der Waals surface area (Å²) in [5, 5.41) is 1.62. The quantitative estimate of drug-likeness (QED) is 0.172. The number of carbonyl (C=O) groups is 1. The van der Waals surface area contributed by atoms with Gasteiger partial charge in [0.05, 0.1) is 5.39 Å². The molecule has 0 bridgehead atoms. The van der Waals surface area contributed by atoms with Gasteiger partial charge in [0.15, 0.2) is 0 Å². The van der Waals surface area contributed by atoms with Gasteiger partial charge in [0.1, 0.15) is 36.7 Å². The fourth-order valence-corrected chi connectivity index (χ4v) is 4.72. The van der Waals surface area contributed by atoms with Gasteiger partial charge in [-0.05, 0) is 53.5 Å². The highest BCUT2D eigenvalue weighted by Crippen LogP contribution is 2.44. The van der Waals surface area contributed by atoms with E-state index in [-0.39, 0.29) is 5.04 Å². The summed E-state index contributed by atoms with van der Waals surface area (Å²) in [4.78, 5) is 11.9. The Labute approximate surface area is 215 Å². The predicted molar refractivity (Wildman–Crippen MR) is 149 cm³/mol. The molecule has 186 valence electrons. The first kappa shape index (κ1) is 25.5. The summed E-state index contributed by atoms with van der Waals surface area (Å²) in [6.45, 7) is 11.9. The van der Waals surface area contributed by atoms with Gasteiger partial charge >= 0.3 is 0 Å². The van der Waals surface area contributed by atoms with E-state index in [1.165, 1.54) is 0 Å². The minimum atomic E-state index is -2.21. The van der Waals surface area contributed by atoms with Crippen LogP contribution in [0.4, 0.5) is 0 Å². The van der Waals surface area contributed by atoms with Crippen molar-refractivity contribution in [3.63, 3.8) is 0 Å². The number of benzene rings is 4. The highest BCUT2D eigenvalue weighted by atomic mass is 28.4. The van der Waals surface area contributed by atoms with Crippen LogP contribution in [-0.2, 0) is 13.2 Å². The zero-order valence-electron chi connectivity index (χ0n) is 21.7. The summed E-state index contributed by atoms with van der Waals surface area (Å²) in [5.41, 5.74) is 2.69. The van der Waals surface area contributed by atoms with Crippen molar-refractivity contribution in [1.29, 1.82) is 0 Å². The second kappa shape index (κ2) is 10.6. The zero-order chi connectivity index (χ0) is 25.8. The van der Waals surface area contributed by atoms with Gasteiger partial charge < -0.3 is 13.9 Å². The molecular formula is C31H34O4Si. The number of hydrogen-bond donors (Lipinski definition) is 0. The van der Waals surface area contributed by atoms with E-state index in [4.69, 9.17) is 13.9 Å². The van der Waals surface area contributed by atoms with Gasteiger partial charge in [0, 0.05) is 10.9 Å². The van der Waals surface area contributed by atoms with Gasteiger partial charge in [0.25, 0.3) is 8.32 Å². The maximum absolute atomic E-state index is 11.9. The fraction of sp³-hybridized carbons (Fsp3) is 0.258. The maximum atomic E-state index is 11.9. The summed E-state index contributed by atoms with van der Waals surface area (Å²) in [6.07, 6.45) is 0.858. The zero-order valence-corrected chi connectivity index (χ0v) is 22.7. The Kier molecular flexibility index (Phi) is 7.50. The first-order valence-electron chi connectivity index (χ1n) is 12.3. The minimum Gasteiger partial charge on any atom is -0.543 e. The first-order chi connectivity index (χ1) is 17.2. The highest BCUT2D eigenvalue weighted by Gasteiger charge is 2.39. The molecule has 0 aliphatic carbocycles. The fourth-order valence-electron chi connectivity index (χ4n) is 3.70. The van der Waals surface area contributed by atoms with Crippen LogP contribution in [0.1, 0.15) is 42.3 Å². The van der Waals surface area contributed by atoms with Crippen molar-refractivity contribution in [2.24, 2.45) is 0 Å². The molecule has 0 aliphatic rings. The molecule has 4 nitrogen and oxygen atoms in total. The third-order valence-electron chi connectivity index (χ3n) is 6.80. The Morgan fingerprint density at radius 3 is 1.78 bits per heavy atom. The average molecular weight is 499 g/mol. The summed E-state index contributed by atoms with van der Waals surface area (Å²) in [5.74, 6) is 2.05. The second-order valence-electron chi connectivity index (χ2n) is 10.5. The van der Waals surface area contributed by atoms with Gasteiger partial charge in [-0.15, -0.1) is 0 Å². The highest BCUT2D eigenvalue weighted by molar-refractivity contribution is 6.74. The van der Waals surface area contributed by atoms with Gasteiger partial charge in [-0.1, -0.05) is 81.4 Å². The van der Waals surface area contributed by atoms with E-state index in [9.17, 15) is 4.79 Å². The lowest BCUT2D eigenvalue weighted by Crippen LogP contribution is -2.43. The Balaban J connectivity index is 1.82. The molecule has 0 saturated carbocycles. The van der Waals surface area contributed by atoms with Crippen LogP contribution in [0, 0.1) is 0 Å². The number of fused-ring (bicyclic) bond motifs is 1. The van der Waals surface area contributed by atoms with Crippen molar-refractivity contribution in [2.75, 3.05) is 0 Å². The molecule has 0 saturated heterocycles. The number of carbonyl (C=O) groups excluding carboxylic acids is 1. The third kappa shape index (κ3) is 5.80. The lowest BCUT2D eigenvalue weighted by molar-refractivity contribution is 0.112. The van der Waals surface area contributed by atoms with Crippen molar-refractivity contribution in [2.45, 2.75) is 52.1 Å². The molecule has 0 unspecified atom stereocenters. The molecule has 4 aromatic carbocycles. The van der Waals surface area contributed by atoms with Gasteiger partial charge in [0.2, 0.25) is 0 Å². The molecule has 5 heteroatoms. The van der Waals surface area contributed by atoms with E-state index >= 15 is 0 Å². The number of rotatable bonds is 9. The van der Waals surface area contributed by atoms with Gasteiger partial charge in [-0.25, -0.2) is 0 Å². The Hall–Kier alpha value is -3.57. The van der Waals surface area contributed by atoms with Crippen LogP contribution >= 0.6 is 0 Å². The topological polar surface area (TPSA) is 44.8 Å². The Morgan fingerprint density at radius 2 is 1.25 bits per heavy atom. The largest absolute Gasteiger partial charge is 0.543 e. The van der Waals surface area contributed by atoms with Crippen LogP contribution in [-0.4, -0.2) is 14.6 Å². The first-order valence-corrected chi connectivity index (χ1v) is 15.2. The molecule has 0 aliphatic heterocycles. The van der Waals surface area contributed by atoms with Gasteiger partial charge in [-0.3, -0.25) is 4.79 Å². The molecule has 0 atom stereocenters. The molecule has 0 fully saturated rings. The molecule has 0 aromatic heterocycles. The number of hydrogen-bond acceptors (Lipinski definition) is 4. The minimum absolute atomic E-state index is 0.0109. The average Bonchev–Trinajstić information content (AvgIpc) is 2.86. The van der Waals surface area contributed by atoms with Crippen LogP contribution in [0.5, 0.6) is 17.2 Å². The lowest BCUT2D eigenvalue weighted by Gasteiger charge is -2.37. The van der Waals surface area contributed by atoms with Gasteiger partial charge in [-0.2, -0.15) is 0 Å². The van der Waals surface area contributed by atoms with E-state index in [1.54, 1.807) is 0 Å². The van der Waals surface area contributed by atoms with Crippen molar-refractivity contribution >= 4 is 25.4 Å².